The highest BCUT2D eigenvalue weighted by Crippen LogP contribution is 2.17. The number of aliphatic carboxylic acids is 3. The summed E-state index contributed by atoms with van der Waals surface area (Å²) in [5, 5.41) is 210. The zero-order chi connectivity index (χ0) is 71.2. The molecule has 19 atom stereocenters. The molecule has 44 heteroatoms. The van der Waals surface area contributed by atoms with Gasteiger partial charge in [0.25, 0.3) is 11.5 Å². The summed E-state index contributed by atoms with van der Waals surface area (Å²) in [6.45, 7) is -5.64. The molecule has 3 rings (SSSR count). The third-order valence-corrected chi connectivity index (χ3v) is 14.0. The van der Waals surface area contributed by atoms with Gasteiger partial charge >= 0.3 is 17.9 Å². The number of aliphatic hydroxyl groups excluding tert-OH is 16. The Morgan fingerprint density at radius 3 is 1.32 bits per heavy atom. The quantitative estimate of drug-likeness (QED) is 0.0235. The molecule has 30 N–H and O–H groups in total. The molecule has 0 fully saturated rings. The zero-order valence-electron chi connectivity index (χ0n) is 48.6. The highest BCUT2D eigenvalue weighted by Gasteiger charge is 2.46. The third kappa shape index (κ3) is 22.6. The van der Waals surface area contributed by atoms with Gasteiger partial charge in [-0.2, -0.15) is 17.6 Å². The first kappa shape index (κ1) is 79.7. The minimum atomic E-state index is -3.04. The van der Waals surface area contributed by atoms with E-state index in [1.54, 1.807) is 26.6 Å². The van der Waals surface area contributed by atoms with Crippen molar-refractivity contribution >= 4 is 94.7 Å². The van der Waals surface area contributed by atoms with Crippen LogP contribution in [0.15, 0.2) is 35.3 Å². The van der Waals surface area contributed by atoms with Gasteiger partial charge in [-0.1, -0.05) is 0 Å². The Labute approximate surface area is 532 Å². The fraction of sp³-hybridized carbons (Fsp3) is 0.560. The molecule has 1 aromatic carbocycles. The number of anilines is 2. The molecule has 7 amide bonds. The second-order valence-corrected chi connectivity index (χ2v) is 20.9. The molecular weight excluding hydrogens is 1290 g/mol. The molecule has 0 saturated heterocycles. The summed E-state index contributed by atoms with van der Waals surface area (Å²) in [5.74, 6) is -18.8. The lowest BCUT2D eigenvalue weighted by atomic mass is 9.96. The topological polar surface area (TPSA) is 749 Å². The van der Waals surface area contributed by atoms with Crippen LogP contribution in [-0.4, -0.2) is 324 Å². The number of nitrogens with zero attached hydrogens (tertiary/aromatic N) is 3. The zero-order valence-corrected chi connectivity index (χ0v) is 49.5. The number of nitrogen functional groups attached to an aromatic ring is 1. The van der Waals surface area contributed by atoms with E-state index in [1.165, 1.54) is 30.5 Å². The van der Waals surface area contributed by atoms with Gasteiger partial charge in [0, 0.05) is 23.4 Å². The van der Waals surface area contributed by atoms with Crippen molar-refractivity contribution in [1.82, 2.24) is 57.2 Å². The molecule has 2 heterocycles. The third-order valence-electron chi connectivity index (χ3n) is 13.6. The van der Waals surface area contributed by atoms with Crippen LogP contribution in [-0.2, 0) is 49.7 Å². The summed E-state index contributed by atoms with van der Waals surface area (Å²) in [4.78, 5) is 159. The largest absolute Gasteiger partial charge is 0.481 e. The number of aliphatic hydroxyl groups is 16. The summed E-state index contributed by atoms with van der Waals surface area (Å²) in [5.41, 5.74) is 5.26. The minimum Gasteiger partial charge on any atom is -0.481 e. The lowest BCUT2D eigenvalue weighted by Crippen LogP contribution is -2.68. The first-order valence-electron chi connectivity index (χ1n) is 27.4. The van der Waals surface area contributed by atoms with Crippen LogP contribution < -0.4 is 53.8 Å². The number of aromatic amines is 1. The van der Waals surface area contributed by atoms with E-state index in [-0.39, 0.29) is 34.9 Å². The number of hydrogen-bond acceptors (Lipinski definition) is 33. The predicted molar refractivity (Wildman–Crippen MR) is 310 cm³/mol. The van der Waals surface area contributed by atoms with E-state index in [0.717, 1.165) is 0 Å². The first-order valence-corrected chi connectivity index (χ1v) is 28.1. The summed E-state index contributed by atoms with van der Waals surface area (Å²) in [6, 6.07) is -12.8. The fourth-order valence-electron chi connectivity index (χ4n) is 8.20. The average molecular weight is 1370 g/mol. The number of benzene rings is 1. The normalized spacial score (nSPS) is 17.6. The van der Waals surface area contributed by atoms with Crippen LogP contribution in [0.3, 0.4) is 0 Å². The van der Waals surface area contributed by atoms with Crippen LogP contribution in [0.25, 0.3) is 11.2 Å². The summed E-state index contributed by atoms with van der Waals surface area (Å²) < 4.78 is 0. The highest BCUT2D eigenvalue weighted by molar-refractivity contribution is 7.80. The van der Waals surface area contributed by atoms with Crippen molar-refractivity contribution in [3.05, 3.63) is 52.1 Å². The Kier molecular flexibility index (Phi) is 31.7. The summed E-state index contributed by atoms with van der Waals surface area (Å²) >= 11 is 3.74. The highest BCUT2D eigenvalue weighted by atomic mass is 32.1. The number of rotatable bonds is 40. The molecule has 2 aromatic heterocycles. The Balaban J connectivity index is 2.00. The molecule has 0 saturated carbocycles. The van der Waals surface area contributed by atoms with E-state index in [4.69, 9.17) is 5.73 Å². The second-order valence-electron chi connectivity index (χ2n) is 20.5. The molecule has 0 aliphatic carbocycles. The Hall–Kier alpha value is -8.55. The molecule has 43 nitrogen and oxygen atoms in total. The molecular formula is C50H73N13O30S. The fourth-order valence-corrected chi connectivity index (χ4v) is 8.44. The average Bonchev–Trinajstić information content (AvgIpc) is 0.902. The van der Waals surface area contributed by atoms with E-state index < -0.39 is 232 Å². The van der Waals surface area contributed by atoms with Crippen LogP contribution in [0.4, 0.5) is 11.6 Å². The van der Waals surface area contributed by atoms with Gasteiger partial charge in [-0.15, -0.1) is 0 Å². The Morgan fingerprint density at radius 2 is 0.915 bits per heavy atom. The van der Waals surface area contributed by atoms with Crippen LogP contribution in [0.5, 0.6) is 0 Å². The SMILES string of the molecule is Nc1nc2ncc(CNc3ccc(C(=O)N[C@@H](CCC(=O)N[C@H](C(=O)N[C@H](C(=O)N[C@H](C(=O)NC(CC(=O)O)C(=O)N[C@H](C(=O)N[C@H](CS)C(=O)O)[C@@H](O)[C@H](O)[C@H](O)CO)[C@@H](O)[C@H](O)[C@H](O)CO)[C@H](O)[C@@H](O)[C@@H](O)CO)[C@@H](O)[C@H](O)[C@H](O)CO)C(=O)O)cc3)nc2c(=O)[nH]1. The maximum Gasteiger partial charge on any atom is 0.327 e. The van der Waals surface area contributed by atoms with E-state index >= 15 is 0 Å². The van der Waals surface area contributed by atoms with Crippen LogP contribution >= 0.6 is 12.6 Å². The van der Waals surface area contributed by atoms with E-state index in [0.29, 0.717) is 5.69 Å². The molecule has 0 aliphatic rings. The summed E-state index contributed by atoms with van der Waals surface area (Å²) in [7, 11) is 0. The van der Waals surface area contributed by atoms with Crippen LogP contribution in [0.2, 0.25) is 0 Å². The van der Waals surface area contributed by atoms with Gasteiger partial charge in [-0.25, -0.2) is 19.6 Å². The van der Waals surface area contributed by atoms with Crippen LogP contribution in [0.1, 0.15) is 35.3 Å². The second kappa shape index (κ2) is 37.4. The molecule has 0 radical (unpaired) electrons. The van der Waals surface area contributed by atoms with Gasteiger partial charge < -0.3 is 145 Å². The van der Waals surface area contributed by atoms with Crippen molar-refractivity contribution in [2.75, 3.05) is 43.2 Å². The van der Waals surface area contributed by atoms with Crippen LogP contribution in [0, 0.1) is 0 Å². The van der Waals surface area contributed by atoms with Gasteiger partial charge in [-0.05, 0) is 30.7 Å². The number of carboxylic acid groups (broad SMARTS) is 3. The molecule has 0 aliphatic heterocycles. The first-order chi connectivity index (χ1) is 44.1. The van der Waals surface area contributed by atoms with E-state index in [1.807, 2.05) is 5.32 Å². The number of H-pyrrole nitrogens is 1. The van der Waals surface area contributed by atoms with Crippen molar-refractivity contribution in [1.29, 1.82) is 0 Å². The van der Waals surface area contributed by atoms with Crippen molar-refractivity contribution < 1.29 is 145 Å². The van der Waals surface area contributed by atoms with Gasteiger partial charge in [-0.3, -0.25) is 48.1 Å². The van der Waals surface area contributed by atoms with E-state index in [9.17, 15) is 150 Å². The minimum absolute atomic E-state index is 0.00234. The molecule has 0 spiro atoms. The van der Waals surface area contributed by atoms with E-state index in [2.05, 4.69) is 43.2 Å². The smallest absolute Gasteiger partial charge is 0.327 e. The number of carbonyl (C=O) groups is 10. The Morgan fingerprint density at radius 1 is 0.511 bits per heavy atom. The maximum absolute atomic E-state index is 14.3. The van der Waals surface area contributed by atoms with Gasteiger partial charge in [0.15, 0.2) is 11.2 Å². The van der Waals surface area contributed by atoms with Crippen molar-refractivity contribution in [2.24, 2.45) is 0 Å². The number of carbonyl (C=O) groups excluding carboxylic acids is 7. The molecule has 94 heavy (non-hydrogen) atoms. The van der Waals surface area contributed by atoms with Crippen molar-refractivity contribution in [2.45, 2.75) is 141 Å². The number of thiol groups is 1. The monoisotopic (exact) mass is 1370 g/mol. The Bertz CT molecular complexity index is 3160. The number of fused-ring (bicyclic) bond motifs is 1. The maximum atomic E-state index is 14.3. The van der Waals surface area contributed by atoms with Gasteiger partial charge in [0.2, 0.25) is 41.4 Å². The number of amides is 7. The number of nitrogens with one attached hydrogen (secondary N) is 9. The van der Waals surface area contributed by atoms with Crippen molar-refractivity contribution in [3.63, 3.8) is 0 Å². The van der Waals surface area contributed by atoms with Crippen molar-refractivity contribution in [3.8, 4) is 0 Å². The molecule has 0 bridgehead atoms. The van der Waals surface area contributed by atoms with Gasteiger partial charge in [0.1, 0.15) is 116 Å². The van der Waals surface area contributed by atoms with Gasteiger partial charge in [0.05, 0.1) is 51.3 Å². The number of hydrogen-bond donors (Lipinski definition) is 30. The number of nitrogens with two attached hydrogens (primary N) is 1. The number of carboxylic acids is 3. The molecule has 1 unspecified atom stereocenters. The predicted octanol–water partition coefficient (Wildman–Crippen LogP) is -15.4. The lowest BCUT2D eigenvalue weighted by molar-refractivity contribution is -0.149. The lowest BCUT2D eigenvalue weighted by Gasteiger charge is -2.35. The number of aromatic nitrogens is 4. The molecule has 524 valence electrons. The summed E-state index contributed by atoms with van der Waals surface area (Å²) in [6.07, 6.45) is -34.4. The standard InChI is InChI=1S/C50H73N13O30S/c51-50-62-40-31(47(89)63-50)54-17(9-53-40)8-52-16-3-1-15(2-4-16)41(83)55-18(48(90)91)5-6-25(72)58-27(36(79)32(75)21(68)10-64)45(87)61-30(39(82)35(78)24(71)13-67)46(88)60-29(38(81)34(77)23(70)12-66)43(85)56-19(7-26(73)74)42(84)59-28(37(80)33(76)22(69)11-65)44(86)57-20(14-94)49(92)93/h1-4,9,18-24,27-30,32-39,52,64-71,75-82,94H,5-8,10-14H2,(H,55,83)(H,56,85)(H,57,86)(H,58,72)(H,59,84)(H,60,88)(H,61,87)(H,73,74)(H,90,91)(H,92,93)(H3,51,53,62,63,89)/t18-,19?,20+,21+,22+,23+,24-,27-,28-,29-,30-,32+,33+,34+,35-,36+,37+,38+,39-/m0/s1. The molecule has 3 aromatic rings.